The molecule has 0 unspecified atom stereocenters. The molecule has 0 aliphatic heterocycles. The molecule has 8 nitrogen and oxygen atoms in total. The summed E-state index contributed by atoms with van der Waals surface area (Å²) in [6.45, 7) is 1.64. The fourth-order valence-electron chi connectivity index (χ4n) is 3.20. The molecular formula is C23H30N6O2S2. The monoisotopic (exact) mass is 486 g/mol. The highest BCUT2D eigenvalue weighted by atomic mass is 32.1. The molecule has 0 fully saturated rings. The van der Waals surface area contributed by atoms with Gasteiger partial charge >= 0.3 is 0 Å². The van der Waals surface area contributed by atoms with Gasteiger partial charge in [0.15, 0.2) is 9.54 Å². The Morgan fingerprint density at radius 1 is 1.09 bits per heavy atom. The van der Waals surface area contributed by atoms with Gasteiger partial charge in [-0.15, -0.1) is 0 Å². The summed E-state index contributed by atoms with van der Waals surface area (Å²) in [6.07, 6.45) is 4.68. The Labute approximate surface area is 204 Å². The molecule has 0 radical (unpaired) electrons. The minimum Gasteiger partial charge on any atom is -0.508 e. The van der Waals surface area contributed by atoms with E-state index < -0.39 is 0 Å². The summed E-state index contributed by atoms with van der Waals surface area (Å²) in [5.41, 5.74) is 3.70. The lowest BCUT2D eigenvalue weighted by Crippen LogP contribution is -2.23. The molecule has 33 heavy (non-hydrogen) atoms. The van der Waals surface area contributed by atoms with E-state index in [0.29, 0.717) is 41.6 Å². The van der Waals surface area contributed by atoms with E-state index in [0.717, 1.165) is 22.6 Å². The fraction of sp³-hybridized carbons (Fsp3) is 0.304. The third-order valence-electron chi connectivity index (χ3n) is 4.98. The lowest BCUT2D eigenvalue weighted by molar-refractivity contribution is 0.159. The largest absolute Gasteiger partial charge is 0.508 e. The first-order valence-corrected chi connectivity index (χ1v) is 11.3. The zero-order chi connectivity index (χ0) is 23.8. The third-order valence-corrected chi connectivity index (χ3v) is 5.55. The number of hydrogen-bond donors (Lipinski definition) is 4. The van der Waals surface area contributed by atoms with Crippen LogP contribution in [-0.2, 0) is 11.2 Å². The first-order chi connectivity index (χ1) is 15.8. The summed E-state index contributed by atoms with van der Waals surface area (Å²) < 4.78 is 8.56. The van der Waals surface area contributed by atoms with Gasteiger partial charge in [0, 0.05) is 39.1 Å². The summed E-state index contributed by atoms with van der Waals surface area (Å²) in [4.78, 5) is 4.08. The Kier molecular flexibility index (Phi) is 8.70. The number of aromatic amines is 2. The molecule has 4 N–H and O–H groups in total. The van der Waals surface area contributed by atoms with E-state index in [2.05, 4.69) is 20.4 Å². The summed E-state index contributed by atoms with van der Waals surface area (Å²) in [5.74, 6) is 0.306. The predicted molar refractivity (Wildman–Crippen MR) is 138 cm³/mol. The molecule has 10 heteroatoms. The number of hydrogen-bond acceptors (Lipinski definition) is 7. The minimum absolute atomic E-state index is 0.306. The van der Waals surface area contributed by atoms with Crippen molar-refractivity contribution in [1.29, 1.82) is 0 Å². The van der Waals surface area contributed by atoms with Crippen molar-refractivity contribution in [2.45, 2.75) is 6.42 Å². The van der Waals surface area contributed by atoms with Crippen molar-refractivity contribution in [3.05, 3.63) is 69.8 Å². The van der Waals surface area contributed by atoms with E-state index in [4.69, 9.17) is 29.2 Å². The number of benzene rings is 2. The molecule has 1 aromatic heterocycles. The number of rotatable bonds is 11. The molecule has 0 aliphatic rings. The van der Waals surface area contributed by atoms with Crippen LogP contribution in [0.3, 0.4) is 0 Å². The standard InChI is InChI=1S/C23H30N6O2S2/c1-27(2)11-5-6-17-14-19(9-10-21(17)30)28(3)12-13-31-16-24-18-7-4-8-20(15-18)29-22(32)25-26-23(29)33/h4-5,7-11,14-15,24,30H,6,12-13,16H2,1-3H3,(H,25,32)(H,26,33)/b11-5+. The molecule has 0 aliphatic carbocycles. The van der Waals surface area contributed by atoms with Crippen LogP contribution in [0.25, 0.3) is 5.69 Å². The molecule has 0 saturated heterocycles. The van der Waals surface area contributed by atoms with Gasteiger partial charge in [0.05, 0.1) is 12.3 Å². The molecule has 0 saturated carbocycles. The summed E-state index contributed by atoms with van der Waals surface area (Å²) >= 11 is 10.5. The Hall–Kier alpha value is -3.08. The van der Waals surface area contributed by atoms with Crippen molar-refractivity contribution < 1.29 is 9.84 Å². The highest BCUT2D eigenvalue weighted by molar-refractivity contribution is 7.72. The van der Waals surface area contributed by atoms with Gasteiger partial charge in [0.25, 0.3) is 0 Å². The maximum absolute atomic E-state index is 10.1. The number of nitrogens with zero attached hydrogens (tertiary/aromatic N) is 3. The van der Waals surface area contributed by atoms with Crippen LogP contribution in [0.1, 0.15) is 5.56 Å². The number of likely N-dealkylation sites (N-methyl/N-ethyl adjacent to an activating group) is 1. The summed E-state index contributed by atoms with van der Waals surface area (Å²) in [6, 6.07) is 13.5. The topological polar surface area (TPSA) is 84.5 Å². The quantitative estimate of drug-likeness (QED) is 0.181. The Bertz CT molecular complexity index is 1170. The lowest BCUT2D eigenvalue weighted by Gasteiger charge is -2.20. The summed E-state index contributed by atoms with van der Waals surface area (Å²) in [7, 11) is 5.95. The van der Waals surface area contributed by atoms with Gasteiger partial charge < -0.3 is 25.0 Å². The molecule has 3 rings (SSSR count). The van der Waals surface area contributed by atoms with Crippen molar-refractivity contribution in [2.24, 2.45) is 0 Å². The van der Waals surface area contributed by atoms with Gasteiger partial charge in [-0.25, -0.2) is 0 Å². The number of aromatic hydroxyl groups is 1. The molecule has 0 amide bonds. The van der Waals surface area contributed by atoms with Crippen LogP contribution in [0.2, 0.25) is 0 Å². The van der Waals surface area contributed by atoms with Gasteiger partial charge in [-0.2, -0.15) is 0 Å². The highest BCUT2D eigenvalue weighted by Crippen LogP contribution is 2.24. The normalized spacial score (nSPS) is 11.1. The van der Waals surface area contributed by atoms with Gasteiger partial charge in [-0.3, -0.25) is 14.8 Å². The molecule has 1 heterocycles. The smallest absolute Gasteiger partial charge is 0.198 e. The van der Waals surface area contributed by atoms with Crippen LogP contribution >= 0.6 is 24.4 Å². The summed E-state index contributed by atoms with van der Waals surface area (Å²) in [5, 5.41) is 19.1. The average Bonchev–Trinajstić information content (AvgIpc) is 3.12. The first kappa shape index (κ1) is 24.6. The molecule has 0 atom stereocenters. The number of phenols is 1. The van der Waals surface area contributed by atoms with E-state index in [1.165, 1.54) is 0 Å². The van der Waals surface area contributed by atoms with Crippen LogP contribution in [0.15, 0.2) is 54.7 Å². The number of aromatic nitrogens is 3. The van der Waals surface area contributed by atoms with Crippen LogP contribution in [0.4, 0.5) is 11.4 Å². The van der Waals surface area contributed by atoms with Crippen molar-refractivity contribution in [3.63, 3.8) is 0 Å². The van der Waals surface area contributed by atoms with Gasteiger partial charge in [-0.1, -0.05) is 12.1 Å². The maximum atomic E-state index is 10.1. The van der Waals surface area contributed by atoms with Crippen molar-refractivity contribution in [2.75, 3.05) is 51.2 Å². The zero-order valence-corrected chi connectivity index (χ0v) is 20.7. The van der Waals surface area contributed by atoms with Gasteiger partial charge in [-0.05, 0) is 79.0 Å². The molecular weight excluding hydrogens is 456 g/mol. The van der Waals surface area contributed by atoms with E-state index in [1.807, 2.05) is 74.7 Å². The van der Waals surface area contributed by atoms with Crippen LogP contribution in [-0.4, -0.2) is 65.8 Å². The number of ether oxygens (including phenoxy) is 1. The van der Waals surface area contributed by atoms with Crippen LogP contribution in [0, 0.1) is 9.54 Å². The van der Waals surface area contributed by atoms with Crippen molar-refractivity contribution in [3.8, 4) is 11.4 Å². The lowest BCUT2D eigenvalue weighted by atomic mass is 10.1. The average molecular weight is 487 g/mol. The number of nitrogens with one attached hydrogen (secondary N) is 3. The second-order valence-corrected chi connectivity index (χ2v) is 8.54. The number of allylic oxidation sites excluding steroid dienone is 1. The Balaban J connectivity index is 1.48. The van der Waals surface area contributed by atoms with Crippen molar-refractivity contribution in [1.82, 2.24) is 19.7 Å². The Morgan fingerprint density at radius 2 is 1.85 bits per heavy atom. The van der Waals surface area contributed by atoms with E-state index in [-0.39, 0.29) is 0 Å². The first-order valence-electron chi connectivity index (χ1n) is 10.5. The predicted octanol–water partition coefficient (Wildman–Crippen LogP) is 4.44. The number of H-pyrrole nitrogens is 2. The third kappa shape index (κ3) is 6.95. The maximum Gasteiger partial charge on any atom is 0.198 e. The molecule has 2 aromatic carbocycles. The SMILES string of the molecule is CN(C)/C=C/Cc1cc(N(C)CCOCNc2cccc(-n3c(=S)[nH][nH]c3=S)c2)ccc1O. The van der Waals surface area contributed by atoms with Crippen LogP contribution in [0.5, 0.6) is 5.75 Å². The van der Waals surface area contributed by atoms with Crippen molar-refractivity contribution >= 4 is 35.8 Å². The molecule has 3 aromatic rings. The van der Waals surface area contributed by atoms with E-state index >= 15 is 0 Å². The minimum atomic E-state index is 0.306. The second-order valence-electron chi connectivity index (χ2n) is 7.76. The Morgan fingerprint density at radius 3 is 2.58 bits per heavy atom. The molecule has 0 spiro atoms. The van der Waals surface area contributed by atoms with Gasteiger partial charge in [0.1, 0.15) is 12.5 Å². The highest BCUT2D eigenvalue weighted by Gasteiger charge is 2.06. The zero-order valence-electron chi connectivity index (χ0n) is 19.0. The number of phenolic OH excluding ortho intramolecular Hbond substituents is 1. The van der Waals surface area contributed by atoms with Crippen LogP contribution < -0.4 is 10.2 Å². The molecule has 0 bridgehead atoms. The van der Waals surface area contributed by atoms with E-state index in [9.17, 15) is 5.11 Å². The second kappa shape index (κ2) is 11.7. The van der Waals surface area contributed by atoms with Gasteiger partial charge in [0.2, 0.25) is 0 Å². The van der Waals surface area contributed by atoms with E-state index in [1.54, 1.807) is 10.6 Å². The number of anilines is 2. The fourth-order valence-corrected chi connectivity index (χ4v) is 3.75. The molecule has 176 valence electrons.